The van der Waals surface area contributed by atoms with Gasteiger partial charge >= 0.3 is 11.9 Å². The van der Waals surface area contributed by atoms with Crippen molar-refractivity contribution >= 4 is 33.8 Å². The van der Waals surface area contributed by atoms with E-state index in [-0.39, 0.29) is 0 Å². The molecule has 0 N–H and O–H groups in total. The molecule has 0 aliphatic carbocycles. The summed E-state index contributed by atoms with van der Waals surface area (Å²) in [5.74, 6) is -5.72. The maximum atomic E-state index is 13.1. The lowest BCUT2D eigenvalue weighted by atomic mass is 9.78. The van der Waals surface area contributed by atoms with Crippen LogP contribution >= 0.6 is 21.8 Å². The smallest absolute Gasteiger partial charge is 0.312 e. The van der Waals surface area contributed by atoms with Gasteiger partial charge in [-0.05, 0) is 0 Å². The molecule has 130 valence electrons. The second-order valence-electron chi connectivity index (χ2n) is 5.10. The van der Waals surface area contributed by atoms with E-state index in [4.69, 9.17) is 16.3 Å². The zero-order valence-corrected chi connectivity index (χ0v) is 12.8. The number of hydrogen-bond acceptors (Lipinski definition) is 5. The Balaban J connectivity index is 2.50. The molecule has 0 aromatic carbocycles. The van der Waals surface area contributed by atoms with Gasteiger partial charge in [-0.15, -0.1) is 11.6 Å². The molecule has 0 spiro atoms. The lowest BCUT2D eigenvalue weighted by Crippen LogP contribution is -2.53. The Morgan fingerprint density at radius 3 is 1.73 bits per heavy atom. The van der Waals surface area contributed by atoms with Crippen LogP contribution in [0.5, 0.6) is 0 Å². The number of alkyl halides is 1. The van der Waals surface area contributed by atoms with Gasteiger partial charge in [0.2, 0.25) is 0 Å². The topological polar surface area (TPSA) is 61.8 Å². The molecule has 0 aromatic heterocycles. The Bertz CT molecular complexity index is 525. The molecule has 5 nitrogen and oxygen atoms in total. The van der Waals surface area contributed by atoms with Crippen LogP contribution in [0.3, 0.4) is 0 Å². The second kappa shape index (κ2) is 4.38. The number of ether oxygens (including phenoxy) is 3. The second-order valence-corrected chi connectivity index (χ2v) is 8.21. The molecule has 0 aromatic rings. The van der Waals surface area contributed by atoms with Gasteiger partial charge in [-0.25, -0.2) is 0 Å². The van der Waals surface area contributed by atoms with Crippen LogP contribution in [-0.4, -0.2) is 49.0 Å². The summed E-state index contributed by atoms with van der Waals surface area (Å²) in [5.41, 5.74) is 0. The lowest BCUT2D eigenvalue weighted by molar-refractivity contribution is -0.157. The molecule has 0 unspecified atom stereocenters. The zero-order chi connectivity index (χ0) is 17.1. The zero-order valence-electron chi connectivity index (χ0n) is 11.2. The van der Waals surface area contributed by atoms with Gasteiger partial charge in [0.1, 0.15) is 17.1 Å². The number of esters is 2. The molecule has 22 heavy (non-hydrogen) atoms. The van der Waals surface area contributed by atoms with E-state index in [0.29, 0.717) is 0 Å². The van der Waals surface area contributed by atoms with Gasteiger partial charge in [0.25, 0.3) is 10.2 Å². The number of methoxy groups -OCH3 is 2. The molecular formula is C10H12ClF5O5S. The number of rotatable bonds is 3. The Kier molecular flexibility index (Phi) is 3.49. The highest BCUT2D eigenvalue weighted by Crippen LogP contribution is 3.02. The van der Waals surface area contributed by atoms with Crippen molar-refractivity contribution < 1.29 is 43.2 Å². The van der Waals surface area contributed by atoms with Gasteiger partial charge in [0, 0.05) is 0 Å². The number of hydrogen-bond donors (Lipinski definition) is 0. The summed E-state index contributed by atoms with van der Waals surface area (Å²) in [6, 6.07) is 0. The number of fused-ring (bicyclic) bond motifs is 2. The Morgan fingerprint density at radius 2 is 1.36 bits per heavy atom. The van der Waals surface area contributed by atoms with Crippen LogP contribution in [0.25, 0.3) is 0 Å². The largest absolute Gasteiger partial charge is 0.469 e. The first-order chi connectivity index (χ1) is 9.72. The minimum atomic E-state index is -10.1. The van der Waals surface area contributed by atoms with Crippen LogP contribution in [-0.2, 0) is 23.8 Å². The van der Waals surface area contributed by atoms with Gasteiger partial charge in [-0.3, -0.25) is 9.59 Å². The third kappa shape index (κ3) is 2.62. The van der Waals surface area contributed by atoms with Crippen molar-refractivity contribution in [2.45, 2.75) is 22.8 Å². The van der Waals surface area contributed by atoms with E-state index in [2.05, 4.69) is 9.47 Å². The number of halogens is 6. The van der Waals surface area contributed by atoms with Crippen molar-refractivity contribution in [2.24, 2.45) is 11.8 Å². The van der Waals surface area contributed by atoms with E-state index in [1.54, 1.807) is 0 Å². The van der Waals surface area contributed by atoms with E-state index in [1.807, 2.05) is 0 Å². The molecule has 2 heterocycles. The summed E-state index contributed by atoms with van der Waals surface area (Å²) in [5, 5.41) is -5.54. The van der Waals surface area contributed by atoms with Crippen molar-refractivity contribution in [2.75, 3.05) is 14.2 Å². The molecule has 0 amide bonds. The van der Waals surface area contributed by atoms with Gasteiger partial charge in [-0.2, -0.15) is 0 Å². The normalized spacial score (nSPS) is 40.7. The molecule has 2 saturated heterocycles. The van der Waals surface area contributed by atoms with Crippen LogP contribution in [0, 0.1) is 11.8 Å². The fourth-order valence-electron chi connectivity index (χ4n) is 3.02. The minimum absolute atomic E-state index is 0.857. The molecule has 12 heteroatoms. The van der Waals surface area contributed by atoms with Crippen molar-refractivity contribution in [3.8, 4) is 0 Å². The lowest BCUT2D eigenvalue weighted by Gasteiger charge is -2.50. The van der Waals surface area contributed by atoms with Crippen LogP contribution in [0.15, 0.2) is 0 Å². The fourth-order valence-corrected chi connectivity index (χ4v) is 5.34. The van der Waals surface area contributed by atoms with Crippen LogP contribution in [0.4, 0.5) is 19.4 Å². The van der Waals surface area contributed by atoms with E-state index in [1.165, 1.54) is 0 Å². The Morgan fingerprint density at radius 1 is 0.955 bits per heavy atom. The molecule has 0 radical (unpaired) electrons. The summed E-state index contributed by atoms with van der Waals surface area (Å²) >= 11 is 5.49. The first kappa shape index (κ1) is 17.5. The van der Waals surface area contributed by atoms with Gasteiger partial charge < -0.3 is 14.2 Å². The SMILES string of the molecule is COC(=O)[C@@H]1[C@@H]2O[C@@H]([C@H](Cl)[C@H]2S(F)(F)(F)(F)F)[C@@H]1C(=O)OC. The molecule has 2 fully saturated rings. The first-order valence-corrected chi connectivity index (χ1v) is 8.36. The summed E-state index contributed by atoms with van der Waals surface area (Å²) in [6.07, 6.45) is -4.00. The maximum Gasteiger partial charge on any atom is 0.312 e. The van der Waals surface area contributed by atoms with Crippen LogP contribution in [0.2, 0.25) is 0 Å². The predicted molar refractivity (Wildman–Crippen MR) is 66.2 cm³/mol. The summed E-state index contributed by atoms with van der Waals surface area (Å²) in [7, 11) is -8.26. The summed E-state index contributed by atoms with van der Waals surface area (Å²) in [4.78, 5) is 23.3. The minimum Gasteiger partial charge on any atom is -0.469 e. The quantitative estimate of drug-likeness (QED) is 0.432. The van der Waals surface area contributed by atoms with E-state index < -0.39 is 56.8 Å². The summed E-state index contributed by atoms with van der Waals surface area (Å²) < 4.78 is 79.2. The van der Waals surface area contributed by atoms with E-state index >= 15 is 0 Å². The maximum absolute atomic E-state index is 13.1. The standard InChI is InChI=1S/C10H12ClF5O5S/c1-19-9(17)3-4(10(18)20-2)7-8(5(11)6(3)21-7)22(12,13,14,15)16/h3-8H,1-2H3/t3-,4+,5+,6-,7+,8-/m1/s1. The molecule has 2 rings (SSSR count). The monoisotopic (exact) mass is 374 g/mol. The molecule has 6 atom stereocenters. The highest BCUT2D eigenvalue weighted by Gasteiger charge is 2.82. The molecular weight excluding hydrogens is 363 g/mol. The average molecular weight is 375 g/mol. The Labute approximate surface area is 126 Å². The van der Waals surface area contributed by atoms with E-state index in [0.717, 1.165) is 14.2 Å². The molecule has 2 aliphatic rings. The van der Waals surface area contributed by atoms with E-state index in [9.17, 15) is 29.0 Å². The van der Waals surface area contributed by atoms with Crippen LogP contribution < -0.4 is 0 Å². The molecule has 2 aliphatic heterocycles. The predicted octanol–water partition coefficient (Wildman–Crippen LogP) is 2.62. The third-order valence-corrected chi connectivity index (χ3v) is 6.08. The first-order valence-electron chi connectivity index (χ1n) is 5.91. The van der Waals surface area contributed by atoms with Gasteiger partial charge in [0.15, 0.2) is 0 Å². The third-order valence-electron chi connectivity index (χ3n) is 3.82. The summed E-state index contributed by atoms with van der Waals surface area (Å²) in [6.45, 7) is 0. The van der Waals surface area contributed by atoms with Crippen molar-refractivity contribution in [3.63, 3.8) is 0 Å². The molecule has 2 bridgehead atoms. The van der Waals surface area contributed by atoms with Gasteiger partial charge in [-0.1, -0.05) is 19.4 Å². The number of carbonyl (C=O) groups excluding carboxylic acids is 2. The Hall–Kier alpha value is -0.810. The highest BCUT2D eigenvalue weighted by molar-refractivity contribution is 8.46. The van der Waals surface area contributed by atoms with Crippen LogP contribution in [0.1, 0.15) is 0 Å². The average Bonchev–Trinajstić information content (AvgIpc) is 2.88. The number of carbonyl (C=O) groups is 2. The fraction of sp³-hybridized carbons (Fsp3) is 0.800. The van der Waals surface area contributed by atoms with Gasteiger partial charge in [0.05, 0.1) is 31.8 Å². The molecule has 0 saturated carbocycles. The van der Waals surface area contributed by atoms with Crippen molar-refractivity contribution in [3.05, 3.63) is 0 Å². The van der Waals surface area contributed by atoms with Crippen molar-refractivity contribution in [1.29, 1.82) is 0 Å². The highest BCUT2D eigenvalue weighted by atomic mass is 35.5. The van der Waals surface area contributed by atoms with Crippen molar-refractivity contribution in [1.82, 2.24) is 0 Å².